The molecule has 0 saturated heterocycles. The summed E-state index contributed by atoms with van der Waals surface area (Å²) < 4.78 is 0. The van der Waals surface area contributed by atoms with Crippen LogP contribution in [0.15, 0.2) is 12.7 Å². The molecule has 0 aromatic rings. The first-order valence-corrected chi connectivity index (χ1v) is 5.05. The van der Waals surface area contributed by atoms with E-state index >= 15 is 0 Å². The molecule has 104 valence electrons. The van der Waals surface area contributed by atoms with Crippen molar-refractivity contribution in [2.75, 3.05) is 13.2 Å². The molecule has 0 rings (SSSR count). The van der Waals surface area contributed by atoms with Gasteiger partial charge in [0.2, 0.25) is 0 Å². The molecule has 6 nitrogen and oxygen atoms in total. The third kappa shape index (κ3) is 49.9. The van der Waals surface area contributed by atoms with E-state index in [1.165, 1.54) is 13.8 Å². The van der Waals surface area contributed by atoms with Crippen molar-refractivity contribution in [3.63, 3.8) is 0 Å². The lowest BCUT2D eigenvalue weighted by Gasteiger charge is -2.07. The van der Waals surface area contributed by atoms with E-state index in [2.05, 4.69) is 6.58 Å². The van der Waals surface area contributed by atoms with Crippen molar-refractivity contribution < 1.29 is 30.3 Å². The highest BCUT2D eigenvalue weighted by molar-refractivity contribution is 6.22. The van der Waals surface area contributed by atoms with Gasteiger partial charge in [-0.3, -0.25) is 0 Å². The Balaban J connectivity index is -0.000000174. The zero-order chi connectivity index (χ0) is 14.7. The predicted molar refractivity (Wildman–Crippen MR) is 65.0 cm³/mol. The Hall–Kier alpha value is -0.370. The molecule has 0 aliphatic rings. The van der Waals surface area contributed by atoms with E-state index in [0.717, 1.165) is 6.08 Å². The van der Waals surface area contributed by atoms with Crippen molar-refractivity contribution in [2.45, 2.75) is 24.0 Å². The summed E-state index contributed by atoms with van der Waals surface area (Å²) in [5.74, 6) is -0.981. The van der Waals surface area contributed by atoms with Gasteiger partial charge < -0.3 is 25.5 Å². The molecule has 5 N–H and O–H groups in total. The number of carbonyl (C=O) groups is 1. The summed E-state index contributed by atoms with van der Waals surface area (Å²) in [5, 5.41) is 37.5. The van der Waals surface area contributed by atoms with Gasteiger partial charge in [0.25, 0.3) is 0 Å². The fourth-order valence-corrected chi connectivity index (χ4v) is 0. The molecule has 0 radical (unpaired) electrons. The number of carboxylic acids is 1. The highest BCUT2D eigenvalue weighted by atomic mass is 35.5. The molecule has 2 unspecified atom stereocenters. The van der Waals surface area contributed by atoms with Crippen LogP contribution in [0.2, 0.25) is 0 Å². The molecule has 0 amide bonds. The summed E-state index contributed by atoms with van der Waals surface area (Å²) >= 11 is 10.0. The quantitative estimate of drug-likeness (QED) is 0.372. The van der Waals surface area contributed by atoms with Crippen LogP contribution in [0.4, 0.5) is 0 Å². The van der Waals surface area contributed by atoms with Crippen LogP contribution in [-0.2, 0) is 4.79 Å². The summed E-state index contributed by atoms with van der Waals surface area (Å²) in [6.45, 7) is 4.77. The fourth-order valence-electron chi connectivity index (χ4n) is 0. The lowest BCUT2D eigenvalue weighted by molar-refractivity contribution is -0.131. The highest BCUT2D eigenvalue weighted by Crippen LogP contribution is 2.05. The summed E-state index contributed by atoms with van der Waals surface area (Å²) in [7, 11) is 0. The molecular formula is C9H18Cl2O6. The monoisotopic (exact) mass is 292 g/mol. The second-order valence-electron chi connectivity index (χ2n) is 3.14. The maximum atomic E-state index is 9.25. The third-order valence-electron chi connectivity index (χ3n) is 0.752. The third-order valence-corrected chi connectivity index (χ3v) is 0.991. The van der Waals surface area contributed by atoms with E-state index in [1.54, 1.807) is 0 Å². The molecule has 0 aliphatic heterocycles. The lowest BCUT2D eigenvalue weighted by Crippen LogP contribution is -2.19. The van der Waals surface area contributed by atoms with Crippen LogP contribution in [-0.4, -0.2) is 54.8 Å². The first-order chi connectivity index (χ1) is 7.39. The molecule has 0 aliphatic carbocycles. The molecule has 0 spiro atoms. The Kier molecular flexibility index (Phi) is 13.8. The molecular weight excluding hydrogens is 275 g/mol. The smallest absolute Gasteiger partial charge is 0.327 e. The minimum Gasteiger partial charge on any atom is -0.478 e. The lowest BCUT2D eigenvalue weighted by atomic mass is 10.4. The number of carboxylic acid groups (broad SMARTS) is 1. The average molecular weight is 293 g/mol. The van der Waals surface area contributed by atoms with Crippen LogP contribution in [0, 0.1) is 0 Å². The van der Waals surface area contributed by atoms with Crippen LogP contribution in [0.5, 0.6) is 0 Å². The van der Waals surface area contributed by atoms with Gasteiger partial charge in [-0.2, -0.15) is 0 Å². The molecule has 0 fully saturated rings. The number of rotatable bonds is 3. The zero-order valence-electron chi connectivity index (χ0n) is 9.60. The van der Waals surface area contributed by atoms with Crippen molar-refractivity contribution in [1.29, 1.82) is 0 Å². The summed E-state index contributed by atoms with van der Waals surface area (Å²) in [4.78, 5) is 9.25. The number of aliphatic hydroxyl groups is 4. The highest BCUT2D eigenvalue weighted by Gasteiger charge is 2.11. The van der Waals surface area contributed by atoms with Gasteiger partial charge in [0.05, 0.1) is 13.2 Å². The molecule has 8 heteroatoms. The van der Waals surface area contributed by atoms with Gasteiger partial charge in [-0.15, -0.1) is 0 Å². The van der Waals surface area contributed by atoms with Gasteiger partial charge >= 0.3 is 5.97 Å². The number of halogens is 2. The average Bonchev–Trinajstić information content (AvgIpc) is 2.17. The van der Waals surface area contributed by atoms with E-state index < -0.39 is 29.3 Å². The first-order valence-electron chi connectivity index (χ1n) is 4.29. The molecule has 2 atom stereocenters. The van der Waals surface area contributed by atoms with Crippen LogP contribution >= 0.6 is 23.2 Å². The Morgan fingerprint density at radius 1 is 1.18 bits per heavy atom. The number of hydrogen-bond acceptors (Lipinski definition) is 5. The van der Waals surface area contributed by atoms with Crippen molar-refractivity contribution >= 4 is 29.2 Å². The topological polar surface area (TPSA) is 118 Å². The largest absolute Gasteiger partial charge is 0.478 e. The van der Waals surface area contributed by atoms with Crippen molar-refractivity contribution in [1.82, 2.24) is 0 Å². The normalized spacial score (nSPS) is 16.0. The van der Waals surface area contributed by atoms with Gasteiger partial charge in [0.1, 0.15) is 0 Å². The Bertz CT molecular complexity index is 193. The zero-order valence-corrected chi connectivity index (χ0v) is 11.1. The van der Waals surface area contributed by atoms with Crippen molar-refractivity contribution in [3.05, 3.63) is 12.7 Å². The molecule has 0 aromatic carbocycles. The standard InChI is InChI=1S/2C3H7ClO2.C3H4O2/c2*1-3(4,6)2-5;1-2-3(4)5/h2*5-6H,2H2,1H3;2H,1H2,(H,4,5). The Morgan fingerprint density at radius 3 is 1.29 bits per heavy atom. The summed E-state index contributed by atoms with van der Waals surface area (Å²) in [5.41, 5.74) is 0. The SMILES string of the molecule is C=CC(=O)O.CC(O)(Cl)CO.CC(O)(Cl)CO. The van der Waals surface area contributed by atoms with Crippen molar-refractivity contribution in [2.24, 2.45) is 0 Å². The second-order valence-corrected chi connectivity index (χ2v) is 4.77. The van der Waals surface area contributed by atoms with E-state index in [9.17, 15) is 4.79 Å². The minimum atomic E-state index is -1.43. The van der Waals surface area contributed by atoms with Crippen LogP contribution in [0.25, 0.3) is 0 Å². The molecule has 0 aromatic heterocycles. The summed E-state index contributed by atoms with van der Waals surface area (Å²) in [6, 6.07) is 0. The molecule has 0 saturated carbocycles. The molecule has 0 bridgehead atoms. The van der Waals surface area contributed by atoms with Crippen LogP contribution < -0.4 is 0 Å². The number of hydrogen-bond donors (Lipinski definition) is 5. The molecule has 0 heterocycles. The number of alkyl halides is 2. The van der Waals surface area contributed by atoms with Gasteiger partial charge in [-0.1, -0.05) is 29.8 Å². The number of aliphatic hydroxyl groups excluding tert-OH is 2. The Morgan fingerprint density at radius 2 is 1.29 bits per heavy atom. The fraction of sp³-hybridized carbons (Fsp3) is 0.667. The first kappa shape index (κ1) is 21.9. The van der Waals surface area contributed by atoms with E-state index in [1.807, 2.05) is 0 Å². The van der Waals surface area contributed by atoms with Gasteiger partial charge in [0.15, 0.2) is 10.1 Å². The maximum Gasteiger partial charge on any atom is 0.327 e. The second kappa shape index (κ2) is 10.8. The minimum absolute atomic E-state index is 0.408. The van der Waals surface area contributed by atoms with E-state index in [-0.39, 0.29) is 0 Å². The van der Waals surface area contributed by atoms with Gasteiger partial charge in [-0.25, -0.2) is 4.79 Å². The molecule has 17 heavy (non-hydrogen) atoms. The Labute approximate surface area is 110 Å². The van der Waals surface area contributed by atoms with Crippen molar-refractivity contribution in [3.8, 4) is 0 Å². The van der Waals surface area contributed by atoms with Crippen LogP contribution in [0.1, 0.15) is 13.8 Å². The van der Waals surface area contributed by atoms with Gasteiger partial charge in [0, 0.05) is 6.08 Å². The maximum absolute atomic E-state index is 9.25. The number of aliphatic carboxylic acids is 1. The predicted octanol–water partition coefficient (Wildman–Crippen LogP) is 0.109. The van der Waals surface area contributed by atoms with Gasteiger partial charge in [-0.05, 0) is 13.8 Å². The summed E-state index contributed by atoms with van der Waals surface area (Å²) in [6.07, 6.45) is 0.833. The van der Waals surface area contributed by atoms with E-state index in [0.29, 0.717) is 0 Å². The van der Waals surface area contributed by atoms with Crippen LogP contribution in [0.3, 0.4) is 0 Å². The van der Waals surface area contributed by atoms with E-state index in [4.69, 9.17) is 48.7 Å².